The Kier molecular flexibility index (Phi) is 6.54. The number of ether oxygens (including phenoxy) is 1. The Balaban J connectivity index is 2.44. The van der Waals surface area contributed by atoms with Gasteiger partial charge in [0.25, 0.3) is 0 Å². The first-order valence-electron chi connectivity index (χ1n) is 5.97. The van der Waals surface area contributed by atoms with E-state index in [2.05, 4.69) is 5.32 Å². The van der Waals surface area contributed by atoms with Crippen molar-refractivity contribution in [2.24, 2.45) is 0 Å². The van der Waals surface area contributed by atoms with Crippen LogP contribution in [0.1, 0.15) is 25.3 Å². The molecule has 100 valence electrons. The number of carboxylic acid groups (broad SMARTS) is 1. The average Bonchev–Trinajstić information content (AvgIpc) is 2.32. The van der Waals surface area contributed by atoms with E-state index in [0.29, 0.717) is 31.1 Å². The maximum atomic E-state index is 10.4. The summed E-state index contributed by atoms with van der Waals surface area (Å²) in [5.74, 6) is 0.0437. The van der Waals surface area contributed by atoms with Crippen molar-refractivity contribution >= 4 is 17.6 Å². The Morgan fingerprint density at radius 3 is 2.94 bits per heavy atom. The Labute approximate surface area is 112 Å². The minimum absolute atomic E-state index is 0.181. The van der Waals surface area contributed by atoms with Gasteiger partial charge in [-0.3, -0.25) is 4.79 Å². The van der Waals surface area contributed by atoms with E-state index in [4.69, 9.17) is 21.4 Å². The van der Waals surface area contributed by atoms with Crippen LogP contribution in [0.2, 0.25) is 5.02 Å². The minimum Gasteiger partial charge on any atom is -0.494 e. The number of halogens is 1. The molecule has 1 aromatic rings. The minimum atomic E-state index is -0.769. The highest BCUT2D eigenvalue weighted by Crippen LogP contribution is 2.22. The predicted octanol–water partition coefficient (Wildman–Crippen LogP) is 2.69. The molecule has 0 aliphatic carbocycles. The normalized spacial score (nSPS) is 10.3. The molecular weight excluding hydrogens is 254 g/mol. The second-order valence-corrected chi connectivity index (χ2v) is 4.30. The van der Waals surface area contributed by atoms with E-state index in [1.165, 1.54) is 0 Å². The molecule has 0 spiro atoms. The van der Waals surface area contributed by atoms with Crippen molar-refractivity contribution in [3.05, 3.63) is 28.8 Å². The third-order valence-corrected chi connectivity index (χ3v) is 2.62. The molecule has 0 bridgehead atoms. The van der Waals surface area contributed by atoms with Crippen molar-refractivity contribution in [2.45, 2.75) is 26.3 Å². The summed E-state index contributed by atoms with van der Waals surface area (Å²) in [6.45, 7) is 3.81. The number of nitrogens with one attached hydrogen (secondary N) is 1. The zero-order valence-corrected chi connectivity index (χ0v) is 11.2. The first kappa shape index (κ1) is 14.8. The van der Waals surface area contributed by atoms with Crippen LogP contribution in [0.15, 0.2) is 18.2 Å². The summed E-state index contributed by atoms with van der Waals surface area (Å²) in [5, 5.41) is 12.4. The molecule has 2 N–H and O–H groups in total. The molecule has 0 atom stereocenters. The van der Waals surface area contributed by atoms with Gasteiger partial charge < -0.3 is 15.2 Å². The fraction of sp³-hybridized carbons (Fsp3) is 0.462. The molecule has 0 radical (unpaired) electrons. The number of rotatable bonds is 8. The topological polar surface area (TPSA) is 58.6 Å². The molecule has 1 aromatic carbocycles. The Hall–Kier alpha value is -1.26. The fourth-order valence-electron chi connectivity index (χ4n) is 1.57. The molecule has 5 heteroatoms. The number of carboxylic acids is 1. The molecule has 0 aliphatic heterocycles. The molecule has 0 saturated carbocycles. The first-order chi connectivity index (χ1) is 8.63. The molecule has 18 heavy (non-hydrogen) atoms. The van der Waals surface area contributed by atoms with E-state index in [0.717, 1.165) is 11.3 Å². The van der Waals surface area contributed by atoms with Crippen LogP contribution >= 0.6 is 11.6 Å². The highest BCUT2D eigenvalue weighted by molar-refractivity contribution is 6.30. The van der Waals surface area contributed by atoms with E-state index in [-0.39, 0.29) is 6.42 Å². The highest BCUT2D eigenvalue weighted by Gasteiger charge is 2.04. The van der Waals surface area contributed by atoms with E-state index in [9.17, 15) is 4.79 Å². The number of aliphatic carboxylic acids is 1. The summed E-state index contributed by atoms with van der Waals surface area (Å²) in [7, 11) is 0. The van der Waals surface area contributed by atoms with Crippen LogP contribution in [0.5, 0.6) is 5.75 Å². The van der Waals surface area contributed by atoms with Gasteiger partial charge in [0, 0.05) is 23.6 Å². The second-order valence-electron chi connectivity index (χ2n) is 3.86. The third-order valence-electron chi connectivity index (χ3n) is 2.38. The SMILES string of the molecule is CCOc1ccc(Cl)cc1CNCCCC(=O)O. The van der Waals surface area contributed by atoms with E-state index in [1.807, 2.05) is 19.1 Å². The predicted molar refractivity (Wildman–Crippen MR) is 71.2 cm³/mol. The molecule has 0 amide bonds. The number of hydrogen-bond acceptors (Lipinski definition) is 3. The van der Waals surface area contributed by atoms with Crippen LogP contribution in [0.3, 0.4) is 0 Å². The monoisotopic (exact) mass is 271 g/mol. The summed E-state index contributed by atoms with van der Waals surface area (Å²) >= 11 is 5.94. The van der Waals surface area contributed by atoms with Gasteiger partial charge >= 0.3 is 5.97 Å². The van der Waals surface area contributed by atoms with Gasteiger partial charge in [-0.05, 0) is 38.1 Å². The number of benzene rings is 1. The van der Waals surface area contributed by atoms with E-state index >= 15 is 0 Å². The third kappa shape index (κ3) is 5.38. The summed E-state index contributed by atoms with van der Waals surface area (Å²) < 4.78 is 5.49. The molecule has 0 heterocycles. The summed E-state index contributed by atoms with van der Waals surface area (Å²) in [6, 6.07) is 5.50. The quantitative estimate of drug-likeness (QED) is 0.714. The first-order valence-corrected chi connectivity index (χ1v) is 6.35. The van der Waals surface area contributed by atoms with Crippen LogP contribution in [0.4, 0.5) is 0 Å². The van der Waals surface area contributed by atoms with Gasteiger partial charge in [-0.25, -0.2) is 0 Å². The van der Waals surface area contributed by atoms with Gasteiger partial charge in [-0.2, -0.15) is 0 Å². The zero-order valence-electron chi connectivity index (χ0n) is 10.4. The highest BCUT2D eigenvalue weighted by atomic mass is 35.5. The van der Waals surface area contributed by atoms with Gasteiger partial charge in [0.1, 0.15) is 5.75 Å². The van der Waals surface area contributed by atoms with Crippen LogP contribution in [-0.2, 0) is 11.3 Å². The van der Waals surface area contributed by atoms with Crippen molar-refractivity contribution in [3.8, 4) is 5.75 Å². The average molecular weight is 272 g/mol. The number of hydrogen-bond donors (Lipinski definition) is 2. The maximum absolute atomic E-state index is 10.4. The lowest BCUT2D eigenvalue weighted by Crippen LogP contribution is -2.16. The zero-order chi connectivity index (χ0) is 13.4. The van der Waals surface area contributed by atoms with Crippen LogP contribution in [0.25, 0.3) is 0 Å². The fourth-order valence-corrected chi connectivity index (χ4v) is 1.76. The molecule has 0 aromatic heterocycles. The molecule has 0 fully saturated rings. The maximum Gasteiger partial charge on any atom is 0.303 e. The second kappa shape index (κ2) is 7.95. The lowest BCUT2D eigenvalue weighted by atomic mass is 10.2. The molecule has 1 rings (SSSR count). The largest absolute Gasteiger partial charge is 0.494 e. The molecule has 4 nitrogen and oxygen atoms in total. The van der Waals surface area contributed by atoms with E-state index in [1.54, 1.807) is 6.07 Å². The van der Waals surface area contributed by atoms with E-state index < -0.39 is 5.97 Å². The lowest BCUT2D eigenvalue weighted by Gasteiger charge is -2.11. The Bertz CT molecular complexity index is 396. The van der Waals surface area contributed by atoms with Crippen molar-refractivity contribution in [2.75, 3.05) is 13.2 Å². The summed E-state index contributed by atoms with van der Waals surface area (Å²) in [5.41, 5.74) is 0.986. The molecule has 0 aliphatic rings. The lowest BCUT2D eigenvalue weighted by molar-refractivity contribution is -0.137. The molecular formula is C13H18ClNO3. The van der Waals surface area contributed by atoms with Crippen LogP contribution in [-0.4, -0.2) is 24.2 Å². The van der Waals surface area contributed by atoms with Crippen LogP contribution < -0.4 is 10.1 Å². The van der Waals surface area contributed by atoms with Crippen molar-refractivity contribution in [1.29, 1.82) is 0 Å². The standard InChI is InChI=1S/C13H18ClNO3/c1-2-18-12-6-5-11(14)8-10(12)9-15-7-3-4-13(16)17/h5-6,8,15H,2-4,7,9H2,1H3,(H,16,17). The Morgan fingerprint density at radius 1 is 1.50 bits per heavy atom. The smallest absolute Gasteiger partial charge is 0.303 e. The van der Waals surface area contributed by atoms with Crippen molar-refractivity contribution in [1.82, 2.24) is 5.32 Å². The van der Waals surface area contributed by atoms with Gasteiger partial charge in [-0.15, -0.1) is 0 Å². The van der Waals surface area contributed by atoms with Crippen molar-refractivity contribution < 1.29 is 14.6 Å². The van der Waals surface area contributed by atoms with Gasteiger partial charge in [0.15, 0.2) is 0 Å². The number of carbonyl (C=O) groups is 1. The summed E-state index contributed by atoms with van der Waals surface area (Å²) in [6.07, 6.45) is 0.792. The Morgan fingerprint density at radius 2 is 2.28 bits per heavy atom. The van der Waals surface area contributed by atoms with Gasteiger partial charge in [0.2, 0.25) is 0 Å². The van der Waals surface area contributed by atoms with Gasteiger partial charge in [0.05, 0.1) is 6.61 Å². The molecule has 0 unspecified atom stereocenters. The van der Waals surface area contributed by atoms with Crippen LogP contribution in [0, 0.1) is 0 Å². The molecule has 0 saturated heterocycles. The van der Waals surface area contributed by atoms with Crippen molar-refractivity contribution in [3.63, 3.8) is 0 Å². The summed E-state index contributed by atoms with van der Waals surface area (Å²) in [4.78, 5) is 10.4. The van der Waals surface area contributed by atoms with Gasteiger partial charge in [-0.1, -0.05) is 11.6 Å².